The minimum atomic E-state index is -0.633. The molecule has 1 unspecified atom stereocenters. The summed E-state index contributed by atoms with van der Waals surface area (Å²) in [7, 11) is 1.36. The zero-order valence-corrected chi connectivity index (χ0v) is 27.7. The number of fused-ring (bicyclic) bond motifs is 1. The summed E-state index contributed by atoms with van der Waals surface area (Å²) in [4.78, 5) is 17.8. The Hall–Kier alpha value is -2.99. The molecule has 12 heteroatoms. The molecular weight excluding hydrogens is 708 g/mol. The second-order valence-corrected chi connectivity index (χ2v) is 12.4. The van der Waals surface area contributed by atoms with Crippen molar-refractivity contribution in [3.05, 3.63) is 103 Å². The van der Waals surface area contributed by atoms with Gasteiger partial charge in [0, 0.05) is 20.9 Å². The van der Waals surface area contributed by atoms with E-state index in [4.69, 9.17) is 35.9 Å². The van der Waals surface area contributed by atoms with E-state index in [2.05, 4.69) is 37.2 Å². The normalized spacial score (nSPS) is 14.3. The first kappa shape index (κ1) is 30.5. The Morgan fingerprint density at radius 3 is 2.60 bits per heavy atom. The van der Waals surface area contributed by atoms with Crippen LogP contribution in [0.25, 0.3) is 0 Å². The first-order valence-electron chi connectivity index (χ1n) is 13.0. The number of benzene rings is 3. The largest absolute Gasteiger partial charge is 0.490 e. The van der Waals surface area contributed by atoms with Gasteiger partial charge < -0.3 is 19.5 Å². The Bertz CT molecular complexity index is 1650. The van der Waals surface area contributed by atoms with Gasteiger partial charge in [-0.15, -0.1) is 5.10 Å². The molecule has 2 heterocycles. The van der Waals surface area contributed by atoms with Crippen LogP contribution in [0.4, 0.5) is 5.95 Å². The van der Waals surface area contributed by atoms with E-state index in [1.807, 2.05) is 74.5 Å². The highest BCUT2D eigenvalue weighted by atomic mass is 79.9. The molecule has 0 aliphatic carbocycles. The molecule has 8 nitrogen and oxygen atoms in total. The van der Waals surface area contributed by atoms with Gasteiger partial charge in [-0.05, 0) is 76.8 Å². The van der Waals surface area contributed by atoms with Crippen LogP contribution in [0, 0.1) is 0 Å². The predicted molar refractivity (Wildman–Crippen MR) is 171 cm³/mol. The molecule has 4 aromatic rings. The summed E-state index contributed by atoms with van der Waals surface area (Å²) in [6.07, 6.45) is 0. The van der Waals surface area contributed by atoms with Crippen LogP contribution in [0.15, 0.2) is 86.0 Å². The molecule has 0 bridgehead atoms. The third-order valence-corrected chi connectivity index (χ3v) is 8.87. The van der Waals surface area contributed by atoms with Gasteiger partial charge in [-0.25, -0.2) is 9.48 Å². The average molecular weight is 735 g/mol. The number of esters is 1. The molecule has 1 N–H and O–H groups in total. The molecule has 3 aromatic carbocycles. The molecule has 0 amide bonds. The second-order valence-electron chi connectivity index (χ2n) is 9.28. The lowest BCUT2D eigenvalue weighted by molar-refractivity contribution is -0.136. The van der Waals surface area contributed by atoms with Gasteiger partial charge >= 0.3 is 5.97 Å². The lowest BCUT2D eigenvalue weighted by atomic mass is 9.95. The van der Waals surface area contributed by atoms with E-state index in [1.165, 1.54) is 18.9 Å². The van der Waals surface area contributed by atoms with Crippen LogP contribution in [-0.2, 0) is 21.9 Å². The van der Waals surface area contributed by atoms with Crippen LogP contribution in [0.5, 0.6) is 11.5 Å². The number of thioether (sulfide) groups is 1. The zero-order chi connectivity index (χ0) is 29.8. The molecule has 5 rings (SSSR count). The van der Waals surface area contributed by atoms with Crippen molar-refractivity contribution < 1.29 is 19.0 Å². The van der Waals surface area contributed by atoms with E-state index in [1.54, 1.807) is 4.68 Å². The number of carbonyl (C=O) groups is 1. The molecule has 1 atom stereocenters. The molecule has 1 aliphatic heterocycles. The molecular formula is C30H27Br2ClN4O4S. The summed E-state index contributed by atoms with van der Waals surface area (Å²) in [5.74, 6) is 1.73. The highest BCUT2D eigenvalue weighted by molar-refractivity contribution is 9.10. The number of halogens is 3. The maximum absolute atomic E-state index is 13.1. The van der Waals surface area contributed by atoms with Crippen molar-refractivity contribution in [1.29, 1.82) is 0 Å². The number of ether oxygens (including phenoxy) is 3. The summed E-state index contributed by atoms with van der Waals surface area (Å²) >= 11 is 15.0. The minimum absolute atomic E-state index is 0.351. The average Bonchev–Trinajstić information content (AvgIpc) is 3.38. The molecule has 0 saturated carbocycles. The Morgan fingerprint density at radius 2 is 1.88 bits per heavy atom. The molecule has 0 spiro atoms. The number of aromatic nitrogens is 3. The van der Waals surface area contributed by atoms with Gasteiger partial charge in [0.05, 0.1) is 23.8 Å². The topological polar surface area (TPSA) is 87.5 Å². The number of anilines is 1. The van der Waals surface area contributed by atoms with Gasteiger partial charge in [0.15, 0.2) is 11.5 Å². The van der Waals surface area contributed by atoms with Crippen molar-refractivity contribution in [2.75, 3.05) is 19.0 Å². The van der Waals surface area contributed by atoms with Crippen molar-refractivity contribution in [3.63, 3.8) is 0 Å². The number of hydrogen-bond acceptors (Lipinski definition) is 8. The van der Waals surface area contributed by atoms with Crippen LogP contribution in [0.1, 0.15) is 36.6 Å². The van der Waals surface area contributed by atoms with E-state index in [9.17, 15) is 4.79 Å². The summed E-state index contributed by atoms with van der Waals surface area (Å²) in [5, 5.41) is 9.24. The van der Waals surface area contributed by atoms with E-state index >= 15 is 0 Å². The van der Waals surface area contributed by atoms with Crippen molar-refractivity contribution in [1.82, 2.24) is 14.8 Å². The molecule has 0 saturated heterocycles. The molecule has 0 fully saturated rings. The van der Waals surface area contributed by atoms with Gasteiger partial charge in [-0.1, -0.05) is 69.6 Å². The molecule has 1 aliphatic rings. The van der Waals surface area contributed by atoms with Crippen LogP contribution in [0.3, 0.4) is 0 Å². The molecule has 42 heavy (non-hydrogen) atoms. The van der Waals surface area contributed by atoms with Gasteiger partial charge in [-0.2, -0.15) is 4.98 Å². The van der Waals surface area contributed by atoms with Crippen molar-refractivity contribution in [2.45, 2.75) is 37.4 Å². The first-order valence-corrected chi connectivity index (χ1v) is 16.0. The quantitative estimate of drug-likeness (QED) is 0.129. The molecule has 218 valence electrons. The van der Waals surface area contributed by atoms with Crippen molar-refractivity contribution >= 4 is 67.1 Å². The zero-order valence-electron chi connectivity index (χ0n) is 23.0. The minimum Gasteiger partial charge on any atom is -0.490 e. The van der Waals surface area contributed by atoms with Gasteiger partial charge in [-0.3, -0.25) is 0 Å². The lowest BCUT2D eigenvalue weighted by Gasteiger charge is -2.28. The van der Waals surface area contributed by atoms with Crippen LogP contribution in [-0.4, -0.2) is 34.5 Å². The smallest absolute Gasteiger partial charge is 0.338 e. The van der Waals surface area contributed by atoms with E-state index < -0.39 is 12.0 Å². The Labute approximate surface area is 270 Å². The van der Waals surface area contributed by atoms with Gasteiger partial charge in [0.25, 0.3) is 0 Å². The van der Waals surface area contributed by atoms with Gasteiger partial charge in [0.1, 0.15) is 12.6 Å². The third kappa shape index (κ3) is 6.64. The summed E-state index contributed by atoms with van der Waals surface area (Å²) in [6, 6.07) is 18.7. The fraction of sp³-hybridized carbons (Fsp3) is 0.233. The Morgan fingerprint density at radius 1 is 1.12 bits per heavy atom. The number of nitrogens with zero attached hydrogens (tertiary/aromatic N) is 3. The number of methoxy groups -OCH3 is 1. The SMILES string of the molecule is CCOc1cc(C2C(C(=O)OC)=C(C)Nc3nc(SCc4ccccc4Cl)nn32)cc(Br)c1OCc1ccc(Br)cc1. The summed E-state index contributed by atoms with van der Waals surface area (Å²) in [5.41, 5.74) is 3.77. The third-order valence-electron chi connectivity index (χ3n) is 6.50. The Balaban J connectivity index is 1.51. The summed E-state index contributed by atoms with van der Waals surface area (Å²) < 4.78 is 20.8. The fourth-order valence-corrected chi connectivity index (χ4v) is 6.47. The van der Waals surface area contributed by atoms with E-state index in [0.29, 0.717) is 62.3 Å². The second kappa shape index (κ2) is 13.5. The van der Waals surface area contributed by atoms with Crippen LogP contribution >= 0.6 is 55.2 Å². The highest BCUT2D eigenvalue weighted by Gasteiger charge is 2.36. The van der Waals surface area contributed by atoms with Crippen molar-refractivity contribution in [2.24, 2.45) is 0 Å². The van der Waals surface area contributed by atoms with E-state index in [-0.39, 0.29) is 0 Å². The Kier molecular flexibility index (Phi) is 9.82. The van der Waals surface area contributed by atoms with Crippen LogP contribution < -0.4 is 14.8 Å². The summed E-state index contributed by atoms with van der Waals surface area (Å²) in [6.45, 7) is 4.50. The standard InChI is InChI=1S/C30H27Br2ClN4O4S/c1-4-40-24-14-20(13-22(32)27(24)41-15-18-9-11-21(31)12-10-18)26-25(28(38)39-3)17(2)34-29-35-30(36-37(26)29)42-16-19-7-5-6-8-23(19)33/h5-14,26H,4,15-16H2,1-3H3,(H,34,35,36). The maximum atomic E-state index is 13.1. The highest BCUT2D eigenvalue weighted by Crippen LogP contribution is 2.44. The number of allylic oxidation sites excluding steroid dienone is 1. The monoisotopic (exact) mass is 732 g/mol. The van der Waals surface area contributed by atoms with Crippen molar-refractivity contribution in [3.8, 4) is 11.5 Å². The fourth-order valence-electron chi connectivity index (χ4n) is 4.52. The molecule has 1 aromatic heterocycles. The van der Waals surface area contributed by atoms with Gasteiger partial charge in [0.2, 0.25) is 11.1 Å². The number of rotatable bonds is 10. The predicted octanol–water partition coefficient (Wildman–Crippen LogP) is 8.19. The first-order chi connectivity index (χ1) is 20.3. The maximum Gasteiger partial charge on any atom is 0.338 e. The number of nitrogens with one attached hydrogen (secondary N) is 1. The number of hydrogen-bond donors (Lipinski definition) is 1. The van der Waals surface area contributed by atoms with Crippen LogP contribution in [0.2, 0.25) is 5.02 Å². The molecule has 0 radical (unpaired) electrons. The number of carbonyl (C=O) groups excluding carboxylic acids is 1. The lowest BCUT2D eigenvalue weighted by Crippen LogP contribution is -2.29. The van der Waals surface area contributed by atoms with E-state index in [0.717, 1.165) is 21.2 Å².